The fourth-order valence-corrected chi connectivity index (χ4v) is 7.48. The highest BCUT2D eigenvalue weighted by molar-refractivity contribution is 5.96. The van der Waals surface area contributed by atoms with Crippen molar-refractivity contribution in [1.29, 1.82) is 0 Å². The summed E-state index contributed by atoms with van der Waals surface area (Å²) in [6, 6.07) is -2.77. The van der Waals surface area contributed by atoms with Crippen LogP contribution in [0.25, 0.3) is 0 Å². The summed E-state index contributed by atoms with van der Waals surface area (Å²) < 4.78 is 0. The van der Waals surface area contributed by atoms with Crippen molar-refractivity contribution in [3.63, 3.8) is 0 Å². The molecule has 0 rings (SSSR count). The standard InChI is InChI=1S/C46H88N8O7/c1-5-6-7-8-9-10-11-12-13-14-15-16-17-26-43(59)52-40(24-19-21-28-48)45(61)54-38(23-18-20-27-47)41(57)31-36(30-34(2)3)44(60)53-39(25-22-29-51-46(49)50)42(58)32-37(33-55)35(4)56/h34,36-40,55H,5-33,47-48H2,1-4H3,(H,52,59)(H,53,60)(H,54,61)(H4,49,50,51)/t36-,37+,38+,39+,40+/m1/s1. The molecule has 15 nitrogen and oxygen atoms in total. The molecule has 61 heavy (non-hydrogen) atoms. The molecule has 0 aliphatic heterocycles. The predicted molar refractivity (Wildman–Crippen MR) is 245 cm³/mol. The lowest BCUT2D eigenvalue weighted by Gasteiger charge is -2.26. The van der Waals surface area contributed by atoms with Gasteiger partial charge in [-0.25, -0.2) is 0 Å². The van der Waals surface area contributed by atoms with Gasteiger partial charge in [0, 0.05) is 37.6 Å². The third kappa shape index (κ3) is 30.3. The number of ketones is 3. The van der Waals surface area contributed by atoms with Gasteiger partial charge in [-0.15, -0.1) is 0 Å². The van der Waals surface area contributed by atoms with Gasteiger partial charge >= 0.3 is 0 Å². The quantitative estimate of drug-likeness (QED) is 0.0230. The Kier molecular flexibility index (Phi) is 35.1. The van der Waals surface area contributed by atoms with Gasteiger partial charge in [0.2, 0.25) is 17.7 Å². The fourth-order valence-electron chi connectivity index (χ4n) is 7.48. The van der Waals surface area contributed by atoms with Crippen LogP contribution in [0.5, 0.6) is 0 Å². The van der Waals surface area contributed by atoms with Gasteiger partial charge in [0.25, 0.3) is 0 Å². The number of unbranched alkanes of at least 4 members (excludes halogenated alkanes) is 14. The lowest BCUT2D eigenvalue weighted by atomic mass is 9.87. The van der Waals surface area contributed by atoms with E-state index in [0.29, 0.717) is 70.9 Å². The van der Waals surface area contributed by atoms with E-state index in [-0.39, 0.29) is 55.2 Å². The maximum absolute atomic E-state index is 14.1. The highest BCUT2D eigenvalue weighted by atomic mass is 16.3. The van der Waals surface area contributed by atoms with E-state index >= 15 is 0 Å². The molecule has 0 aliphatic rings. The number of nitrogens with one attached hydrogen (secondary N) is 3. The van der Waals surface area contributed by atoms with Crippen LogP contribution in [-0.4, -0.2) is 90.5 Å². The maximum Gasteiger partial charge on any atom is 0.243 e. The first-order chi connectivity index (χ1) is 29.2. The van der Waals surface area contributed by atoms with E-state index in [0.717, 1.165) is 25.7 Å². The van der Waals surface area contributed by atoms with Crippen LogP contribution >= 0.6 is 0 Å². The van der Waals surface area contributed by atoms with Crippen LogP contribution in [-0.2, 0) is 28.8 Å². The molecule has 0 aromatic heterocycles. The Morgan fingerprint density at radius 1 is 0.574 bits per heavy atom. The number of guanidine groups is 1. The molecule has 354 valence electrons. The Morgan fingerprint density at radius 2 is 1.03 bits per heavy atom. The molecule has 0 aromatic rings. The van der Waals surface area contributed by atoms with Crippen LogP contribution in [0.3, 0.4) is 0 Å². The molecule has 5 atom stereocenters. The van der Waals surface area contributed by atoms with Crippen molar-refractivity contribution in [3.8, 4) is 0 Å². The van der Waals surface area contributed by atoms with E-state index in [1.165, 1.54) is 64.7 Å². The van der Waals surface area contributed by atoms with E-state index in [1.807, 2.05) is 13.8 Å². The van der Waals surface area contributed by atoms with Gasteiger partial charge in [-0.3, -0.25) is 33.8 Å². The van der Waals surface area contributed by atoms with Crippen molar-refractivity contribution >= 4 is 41.0 Å². The summed E-state index contributed by atoms with van der Waals surface area (Å²) in [5.41, 5.74) is 22.4. The number of Topliss-reactive ketones (excluding diaryl/α,β-unsaturated/α-hetero) is 3. The first-order valence-corrected chi connectivity index (χ1v) is 23.7. The third-order valence-electron chi connectivity index (χ3n) is 11.2. The van der Waals surface area contributed by atoms with Crippen molar-refractivity contribution in [2.24, 2.45) is 45.7 Å². The van der Waals surface area contributed by atoms with Crippen LogP contribution in [0, 0.1) is 17.8 Å². The average Bonchev–Trinajstić information content (AvgIpc) is 3.21. The summed E-state index contributed by atoms with van der Waals surface area (Å²) in [6.45, 7) is 7.94. The van der Waals surface area contributed by atoms with Gasteiger partial charge in [-0.2, -0.15) is 0 Å². The Labute approximate surface area is 368 Å². The van der Waals surface area contributed by atoms with Crippen LogP contribution in [0.15, 0.2) is 4.99 Å². The second-order valence-corrected chi connectivity index (χ2v) is 17.4. The summed E-state index contributed by atoms with van der Waals surface area (Å²) in [4.78, 5) is 84.3. The topological polar surface area (TPSA) is 275 Å². The van der Waals surface area contributed by atoms with Gasteiger partial charge in [-0.1, -0.05) is 97.8 Å². The largest absolute Gasteiger partial charge is 0.396 e. The molecule has 0 aromatic carbocycles. The second kappa shape index (κ2) is 37.2. The number of carbonyl (C=O) groups is 6. The fraction of sp³-hybridized carbons (Fsp3) is 0.848. The Hall–Kier alpha value is -3.43. The van der Waals surface area contributed by atoms with E-state index < -0.39 is 54.2 Å². The van der Waals surface area contributed by atoms with Gasteiger partial charge in [0.15, 0.2) is 17.5 Å². The molecular weight excluding hydrogens is 777 g/mol. The number of hydrogen-bond donors (Lipinski definition) is 8. The molecule has 0 saturated carbocycles. The molecule has 0 aliphatic carbocycles. The second-order valence-electron chi connectivity index (χ2n) is 17.4. The first-order valence-electron chi connectivity index (χ1n) is 23.7. The summed E-state index contributed by atoms with van der Waals surface area (Å²) in [5.74, 6) is -4.09. The summed E-state index contributed by atoms with van der Waals surface area (Å²) in [7, 11) is 0. The smallest absolute Gasteiger partial charge is 0.243 e. The number of hydrogen-bond acceptors (Lipinski definition) is 10. The highest BCUT2D eigenvalue weighted by Gasteiger charge is 2.33. The van der Waals surface area contributed by atoms with Gasteiger partial charge in [0.1, 0.15) is 11.8 Å². The minimum absolute atomic E-state index is 0.0124. The van der Waals surface area contributed by atoms with Gasteiger partial charge in [0.05, 0.1) is 18.7 Å². The van der Waals surface area contributed by atoms with Crippen molar-refractivity contribution in [1.82, 2.24) is 16.0 Å². The molecule has 0 heterocycles. The zero-order valence-corrected chi connectivity index (χ0v) is 38.6. The molecule has 0 fully saturated rings. The summed E-state index contributed by atoms with van der Waals surface area (Å²) >= 11 is 0. The SMILES string of the molecule is CCCCCCCCCCCCCCCC(=O)N[C@@H](CCCCN)C(=O)N[C@@H](CCCCN)C(=O)C[C@@H](CC(C)C)C(=O)N[C@@H](CCCN=C(N)N)C(=O)C[C@@H](CO)C(C)=O. The Bertz CT molecular complexity index is 1260. The van der Waals surface area contributed by atoms with Gasteiger partial charge in [-0.05, 0) is 90.1 Å². The zero-order valence-electron chi connectivity index (χ0n) is 38.6. The van der Waals surface area contributed by atoms with Crippen molar-refractivity contribution in [2.75, 3.05) is 26.2 Å². The Balaban J connectivity index is 5.72. The number of aliphatic hydroxyl groups excluding tert-OH is 1. The molecule has 0 unspecified atom stereocenters. The molecule has 0 bridgehead atoms. The van der Waals surface area contributed by atoms with Crippen LogP contribution in [0.4, 0.5) is 0 Å². The minimum Gasteiger partial charge on any atom is -0.396 e. The lowest BCUT2D eigenvalue weighted by Crippen LogP contribution is -2.52. The molecule has 3 amide bonds. The van der Waals surface area contributed by atoms with Crippen molar-refractivity contribution in [2.45, 2.75) is 206 Å². The van der Waals surface area contributed by atoms with Crippen molar-refractivity contribution in [3.05, 3.63) is 0 Å². The van der Waals surface area contributed by atoms with E-state index in [2.05, 4.69) is 27.9 Å². The molecule has 0 radical (unpaired) electrons. The van der Waals surface area contributed by atoms with Crippen LogP contribution in [0.1, 0.15) is 188 Å². The predicted octanol–water partition coefficient (Wildman–Crippen LogP) is 5.01. The van der Waals surface area contributed by atoms with Crippen molar-refractivity contribution < 1.29 is 33.9 Å². The van der Waals surface area contributed by atoms with E-state index in [4.69, 9.17) is 22.9 Å². The van der Waals surface area contributed by atoms with E-state index in [9.17, 15) is 33.9 Å². The third-order valence-corrected chi connectivity index (χ3v) is 11.2. The minimum atomic E-state index is -1.00. The number of aliphatic imine (C=N–C) groups is 1. The highest BCUT2D eigenvalue weighted by Crippen LogP contribution is 2.21. The average molecular weight is 865 g/mol. The molecular formula is C46H88N8O7. The lowest BCUT2D eigenvalue weighted by molar-refractivity contribution is -0.135. The number of aliphatic hydroxyl groups is 1. The first kappa shape index (κ1) is 57.6. The monoisotopic (exact) mass is 865 g/mol. The number of nitrogens with two attached hydrogens (primary N) is 4. The molecule has 12 N–H and O–H groups in total. The van der Waals surface area contributed by atoms with Crippen LogP contribution in [0.2, 0.25) is 0 Å². The summed E-state index contributed by atoms with van der Waals surface area (Å²) in [6.07, 6.45) is 19.5. The van der Waals surface area contributed by atoms with E-state index in [1.54, 1.807) is 0 Å². The molecule has 0 spiro atoms. The number of rotatable bonds is 41. The number of amides is 3. The van der Waals surface area contributed by atoms with Crippen LogP contribution < -0.4 is 38.9 Å². The maximum atomic E-state index is 14.1. The molecule has 0 saturated heterocycles. The van der Waals surface area contributed by atoms with Gasteiger partial charge < -0.3 is 44.0 Å². The molecule has 15 heteroatoms. The normalized spacial score (nSPS) is 13.8. The summed E-state index contributed by atoms with van der Waals surface area (Å²) in [5, 5.41) is 18.4. The Morgan fingerprint density at radius 3 is 1.49 bits per heavy atom. The number of nitrogens with zero attached hydrogens (tertiary/aromatic N) is 1. The zero-order chi connectivity index (χ0) is 45.8. The number of carbonyl (C=O) groups excluding carboxylic acids is 6.